The molecule has 0 bridgehead atoms. The van der Waals surface area contributed by atoms with Crippen molar-refractivity contribution in [3.63, 3.8) is 0 Å². The number of hydrogen-bond donors (Lipinski definition) is 3. The van der Waals surface area contributed by atoms with Crippen LogP contribution in [0.5, 0.6) is 0 Å². The van der Waals surface area contributed by atoms with Crippen LogP contribution in [0.3, 0.4) is 0 Å². The third-order valence-electron chi connectivity index (χ3n) is 2.55. The van der Waals surface area contributed by atoms with E-state index in [9.17, 15) is 0 Å². The molecule has 0 aliphatic rings. The summed E-state index contributed by atoms with van der Waals surface area (Å²) in [6.45, 7) is 0. The van der Waals surface area contributed by atoms with E-state index in [1.807, 2.05) is 54.6 Å². The number of allylic oxidation sites excluding steroid dienone is 2. The molecule has 0 aliphatic heterocycles. The van der Waals surface area contributed by atoms with Crippen molar-refractivity contribution in [1.29, 1.82) is 0 Å². The van der Waals surface area contributed by atoms with E-state index in [2.05, 4.69) is 11.4 Å². The molecule has 0 aromatic heterocycles. The SMILES string of the molecule is N/C(=C\C=C(/N)Nc1c[c-]ccc1)c1ccccc1.[K+]. The first-order valence-electron chi connectivity index (χ1n) is 5.97. The first kappa shape index (κ1) is 17.0. The van der Waals surface area contributed by atoms with Crippen molar-refractivity contribution < 1.29 is 51.4 Å². The van der Waals surface area contributed by atoms with Gasteiger partial charge in [-0.05, 0) is 17.7 Å². The predicted molar refractivity (Wildman–Crippen MR) is 79.8 cm³/mol. The van der Waals surface area contributed by atoms with Gasteiger partial charge in [0.15, 0.2) is 0 Å². The molecule has 2 rings (SSSR count). The van der Waals surface area contributed by atoms with Gasteiger partial charge in [0.25, 0.3) is 0 Å². The number of benzene rings is 2. The Morgan fingerprint density at radius 1 is 1.00 bits per heavy atom. The average molecular weight is 289 g/mol. The fourth-order valence-electron chi connectivity index (χ4n) is 1.59. The largest absolute Gasteiger partial charge is 1.00 e. The van der Waals surface area contributed by atoms with Gasteiger partial charge < -0.3 is 16.8 Å². The second-order valence-electron chi connectivity index (χ2n) is 4.03. The third kappa shape index (κ3) is 5.52. The molecule has 0 saturated carbocycles. The zero-order valence-electron chi connectivity index (χ0n) is 11.5. The van der Waals surface area contributed by atoms with Crippen molar-refractivity contribution in [2.45, 2.75) is 0 Å². The van der Waals surface area contributed by atoms with E-state index in [4.69, 9.17) is 11.5 Å². The van der Waals surface area contributed by atoms with E-state index in [0.29, 0.717) is 11.5 Å². The van der Waals surface area contributed by atoms with Crippen LogP contribution in [0.2, 0.25) is 0 Å². The Morgan fingerprint density at radius 3 is 2.40 bits per heavy atom. The number of hydrogen-bond acceptors (Lipinski definition) is 3. The van der Waals surface area contributed by atoms with Gasteiger partial charge in [-0.2, -0.15) is 24.3 Å². The molecule has 96 valence electrons. The minimum Gasteiger partial charge on any atom is -0.398 e. The molecule has 20 heavy (non-hydrogen) atoms. The summed E-state index contributed by atoms with van der Waals surface area (Å²) in [6.07, 6.45) is 3.53. The monoisotopic (exact) mass is 289 g/mol. The summed E-state index contributed by atoms with van der Waals surface area (Å²) >= 11 is 0. The van der Waals surface area contributed by atoms with Crippen LogP contribution in [0.15, 0.2) is 72.6 Å². The molecule has 0 spiro atoms. The van der Waals surface area contributed by atoms with Crippen LogP contribution >= 0.6 is 0 Å². The Hall–Kier alpha value is -1.04. The van der Waals surface area contributed by atoms with Crippen molar-refractivity contribution in [3.8, 4) is 0 Å². The Kier molecular flexibility index (Phi) is 7.65. The maximum Gasteiger partial charge on any atom is 1.00 e. The number of anilines is 1. The Balaban J connectivity index is 0.00000200. The summed E-state index contributed by atoms with van der Waals surface area (Å²) in [5.74, 6) is 0.526. The quantitative estimate of drug-likeness (QED) is 0.411. The normalized spacial score (nSPS) is 11.6. The van der Waals surface area contributed by atoms with Crippen LogP contribution in [-0.4, -0.2) is 0 Å². The summed E-state index contributed by atoms with van der Waals surface area (Å²) in [4.78, 5) is 0. The van der Waals surface area contributed by atoms with Crippen molar-refractivity contribution in [2.24, 2.45) is 11.5 Å². The molecule has 0 heterocycles. The molecular formula is C16H16KN3. The molecule has 0 atom stereocenters. The van der Waals surface area contributed by atoms with Crippen LogP contribution in [0.4, 0.5) is 5.69 Å². The first-order chi connectivity index (χ1) is 9.25. The molecule has 4 heteroatoms. The van der Waals surface area contributed by atoms with Crippen LogP contribution in [0.25, 0.3) is 5.70 Å². The van der Waals surface area contributed by atoms with E-state index in [1.165, 1.54) is 0 Å². The maximum absolute atomic E-state index is 5.96. The fraction of sp³-hybridized carbons (Fsp3) is 0. The second-order valence-corrected chi connectivity index (χ2v) is 4.03. The molecule has 2 aromatic rings. The fourth-order valence-corrected chi connectivity index (χ4v) is 1.59. The first-order valence-corrected chi connectivity index (χ1v) is 5.97. The molecule has 2 aromatic carbocycles. The van der Waals surface area contributed by atoms with Crippen LogP contribution in [0.1, 0.15) is 5.56 Å². The molecule has 3 nitrogen and oxygen atoms in total. The van der Waals surface area contributed by atoms with Crippen molar-refractivity contribution >= 4 is 11.4 Å². The van der Waals surface area contributed by atoms with E-state index >= 15 is 0 Å². The van der Waals surface area contributed by atoms with Crippen molar-refractivity contribution in [3.05, 3.63) is 84.2 Å². The van der Waals surface area contributed by atoms with Crippen LogP contribution in [-0.2, 0) is 0 Å². The summed E-state index contributed by atoms with van der Waals surface area (Å²) in [5, 5.41) is 3.06. The van der Waals surface area contributed by atoms with Gasteiger partial charge in [-0.3, -0.25) is 0 Å². The molecule has 0 radical (unpaired) electrons. The van der Waals surface area contributed by atoms with Gasteiger partial charge >= 0.3 is 51.4 Å². The molecule has 0 saturated heterocycles. The van der Waals surface area contributed by atoms with Crippen molar-refractivity contribution in [2.75, 3.05) is 5.32 Å². The summed E-state index contributed by atoms with van der Waals surface area (Å²) in [7, 11) is 0. The summed E-state index contributed by atoms with van der Waals surface area (Å²) < 4.78 is 0. The van der Waals surface area contributed by atoms with Gasteiger partial charge in [0.05, 0.1) is 5.82 Å². The van der Waals surface area contributed by atoms with Gasteiger partial charge in [0, 0.05) is 5.70 Å². The van der Waals surface area contributed by atoms with E-state index in [1.54, 1.807) is 12.2 Å². The zero-order valence-corrected chi connectivity index (χ0v) is 14.6. The van der Waals surface area contributed by atoms with Crippen LogP contribution in [0, 0.1) is 6.07 Å². The summed E-state index contributed by atoms with van der Waals surface area (Å²) in [5.41, 5.74) is 14.4. The third-order valence-corrected chi connectivity index (χ3v) is 2.55. The molecule has 0 amide bonds. The minimum absolute atomic E-state index is 0. The topological polar surface area (TPSA) is 64.1 Å². The van der Waals surface area contributed by atoms with Crippen molar-refractivity contribution in [1.82, 2.24) is 0 Å². The van der Waals surface area contributed by atoms with Crippen LogP contribution < -0.4 is 68.2 Å². The summed E-state index contributed by atoms with van der Waals surface area (Å²) in [6, 6.07) is 20.2. The predicted octanol–water partition coefficient (Wildman–Crippen LogP) is -0.297. The maximum atomic E-state index is 5.96. The molecule has 0 fully saturated rings. The van der Waals surface area contributed by atoms with Gasteiger partial charge in [-0.25, -0.2) is 0 Å². The van der Waals surface area contributed by atoms with Gasteiger partial charge in [0.1, 0.15) is 0 Å². The number of rotatable bonds is 4. The molecule has 5 N–H and O–H groups in total. The minimum atomic E-state index is 0. The van der Waals surface area contributed by atoms with Gasteiger partial charge in [-0.1, -0.05) is 36.0 Å². The van der Waals surface area contributed by atoms with Gasteiger partial charge in [-0.15, -0.1) is 6.07 Å². The Bertz CT molecular complexity index is 577. The second kappa shape index (κ2) is 9.00. The van der Waals surface area contributed by atoms with E-state index < -0.39 is 0 Å². The average Bonchev–Trinajstić information content (AvgIpc) is 2.47. The molecule has 0 aliphatic carbocycles. The Labute approximate surface area is 162 Å². The zero-order chi connectivity index (χ0) is 13.5. The van der Waals surface area contributed by atoms with E-state index in [0.717, 1.165) is 11.3 Å². The smallest absolute Gasteiger partial charge is 0.398 e. The van der Waals surface area contributed by atoms with Gasteiger partial charge in [0.2, 0.25) is 0 Å². The number of nitrogens with one attached hydrogen (secondary N) is 1. The van der Waals surface area contributed by atoms with E-state index in [-0.39, 0.29) is 51.4 Å². The molecule has 0 unspecified atom stereocenters. The Morgan fingerprint density at radius 2 is 1.75 bits per heavy atom. The standard InChI is InChI=1S/C16H16N3.K/c17-15(13-7-3-1-4-8-13)11-12-16(18)19-14-9-5-2-6-10-14;/h1-5,7-12,19H,17-18H2;/q-1;+1/b15-11-,16-12+;. The number of nitrogens with two attached hydrogens (primary N) is 2. The molecular weight excluding hydrogens is 273 g/mol.